The molecule has 10 heteroatoms. The minimum Gasteiger partial charge on any atom is -0.376 e. The molecule has 1 saturated carbocycles. The number of amides is 1. The first-order chi connectivity index (χ1) is 17.3. The Labute approximate surface area is 208 Å². The highest BCUT2D eigenvalue weighted by atomic mass is 32.2. The maximum atomic E-state index is 14.4. The predicted molar refractivity (Wildman–Crippen MR) is 128 cm³/mol. The first-order valence-corrected chi connectivity index (χ1v) is 13.7. The van der Waals surface area contributed by atoms with Crippen molar-refractivity contribution in [2.45, 2.75) is 61.8 Å². The Bertz CT molecular complexity index is 1370. The van der Waals surface area contributed by atoms with E-state index < -0.39 is 33.1 Å². The molecule has 0 radical (unpaired) electrons. The smallest absolute Gasteiger partial charge is 0.257 e. The van der Waals surface area contributed by atoms with Gasteiger partial charge in [0.1, 0.15) is 11.6 Å². The summed E-state index contributed by atoms with van der Waals surface area (Å²) in [7, 11) is -4.01. The van der Waals surface area contributed by atoms with Crippen LogP contribution < -0.4 is 0 Å². The lowest BCUT2D eigenvalue weighted by Gasteiger charge is -2.24. The van der Waals surface area contributed by atoms with Gasteiger partial charge in [-0.25, -0.2) is 22.2 Å². The van der Waals surface area contributed by atoms with Gasteiger partial charge in [-0.3, -0.25) is 4.79 Å². The van der Waals surface area contributed by atoms with Crippen molar-refractivity contribution in [2.75, 3.05) is 6.61 Å². The third-order valence-electron chi connectivity index (χ3n) is 6.58. The van der Waals surface area contributed by atoms with Crippen LogP contribution in [0.25, 0.3) is 0 Å². The average molecular weight is 516 g/mol. The number of carbonyl (C=O) groups excluding carboxylic acids is 1. The number of nitrogens with zero attached hydrogens (tertiary/aromatic N) is 3. The molecule has 1 atom stereocenters. The zero-order valence-electron chi connectivity index (χ0n) is 19.6. The summed E-state index contributed by atoms with van der Waals surface area (Å²) in [6.45, 7) is 0.909. The van der Waals surface area contributed by atoms with Crippen molar-refractivity contribution in [2.24, 2.45) is 0 Å². The molecule has 1 saturated heterocycles. The van der Waals surface area contributed by atoms with Crippen LogP contribution in [-0.2, 0) is 33.4 Å². The Morgan fingerprint density at radius 2 is 1.78 bits per heavy atom. The second kappa shape index (κ2) is 10.1. The number of carbonyl (C=O) groups is 1. The summed E-state index contributed by atoms with van der Waals surface area (Å²) in [4.78, 5) is 19.1. The zero-order chi connectivity index (χ0) is 25.3. The molecule has 1 unspecified atom stereocenters. The molecule has 2 fully saturated rings. The van der Waals surface area contributed by atoms with E-state index in [1.807, 2.05) is 0 Å². The minimum atomic E-state index is -4.01. The number of rotatable bonds is 9. The van der Waals surface area contributed by atoms with Crippen molar-refractivity contribution in [3.05, 3.63) is 83.2 Å². The molecule has 1 aliphatic carbocycles. The quantitative estimate of drug-likeness (QED) is 0.428. The van der Waals surface area contributed by atoms with Gasteiger partial charge in [0.2, 0.25) is 15.0 Å². The average Bonchev–Trinajstić information content (AvgIpc) is 3.41. The predicted octanol–water partition coefficient (Wildman–Crippen LogP) is 4.12. The van der Waals surface area contributed by atoms with E-state index in [-0.39, 0.29) is 41.5 Å². The van der Waals surface area contributed by atoms with Gasteiger partial charge < -0.3 is 14.2 Å². The number of imidazole rings is 1. The van der Waals surface area contributed by atoms with Crippen molar-refractivity contribution in [3.8, 4) is 0 Å². The number of sulfone groups is 1. The number of ether oxygens (including phenoxy) is 1. The fourth-order valence-electron chi connectivity index (χ4n) is 4.56. The van der Waals surface area contributed by atoms with Crippen molar-refractivity contribution in [1.82, 2.24) is 14.5 Å². The highest BCUT2D eigenvalue weighted by Crippen LogP contribution is 2.31. The second-order valence-corrected chi connectivity index (χ2v) is 11.2. The van der Waals surface area contributed by atoms with Crippen LogP contribution in [0.3, 0.4) is 0 Å². The molecule has 5 rings (SSSR count). The zero-order valence-corrected chi connectivity index (χ0v) is 20.5. The fraction of sp³-hybridized carbons (Fsp3) is 0.385. The first-order valence-electron chi connectivity index (χ1n) is 12.0. The van der Waals surface area contributed by atoms with Crippen molar-refractivity contribution in [1.29, 1.82) is 0 Å². The highest BCUT2D eigenvalue weighted by molar-refractivity contribution is 7.90. The van der Waals surface area contributed by atoms with Gasteiger partial charge in [0.25, 0.3) is 5.91 Å². The van der Waals surface area contributed by atoms with Crippen molar-refractivity contribution in [3.63, 3.8) is 0 Å². The summed E-state index contributed by atoms with van der Waals surface area (Å²) < 4.78 is 62.7. The third-order valence-corrected chi connectivity index (χ3v) is 8.15. The molecule has 0 spiro atoms. The molecule has 3 aromatic rings. The molecule has 2 aliphatic rings. The Balaban J connectivity index is 1.48. The Hall–Kier alpha value is -3.11. The second-order valence-electron chi connectivity index (χ2n) is 9.27. The van der Waals surface area contributed by atoms with Crippen LogP contribution in [0.1, 0.15) is 47.3 Å². The summed E-state index contributed by atoms with van der Waals surface area (Å²) in [6.07, 6.45) is 4.46. The Kier molecular flexibility index (Phi) is 6.90. The van der Waals surface area contributed by atoms with E-state index in [1.54, 1.807) is 21.6 Å². The van der Waals surface area contributed by atoms with Crippen LogP contribution in [0.4, 0.5) is 8.78 Å². The van der Waals surface area contributed by atoms with Crippen LogP contribution in [0, 0.1) is 11.6 Å². The summed E-state index contributed by atoms with van der Waals surface area (Å²) in [5.74, 6) is -2.19. The van der Waals surface area contributed by atoms with Gasteiger partial charge in [-0.2, -0.15) is 0 Å². The van der Waals surface area contributed by atoms with Crippen LogP contribution in [-0.4, -0.2) is 47.5 Å². The van der Waals surface area contributed by atoms with Gasteiger partial charge >= 0.3 is 0 Å². The van der Waals surface area contributed by atoms with Crippen LogP contribution in [0.5, 0.6) is 0 Å². The fourth-order valence-corrected chi connectivity index (χ4v) is 6.07. The van der Waals surface area contributed by atoms with Gasteiger partial charge in [-0.15, -0.1) is 0 Å². The van der Waals surface area contributed by atoms with E-state index in [2.05, 4.69) is 4.98 Å². The molecule has 1 aromatic heterocycles. The maximum Gasteiger partial charge on any atom is 0.257 e. The van der Waals surface area contributed by atoms with Gasteiger partial charge in [0, 0.05) is 18.2 Å². The van der Waals surface area contributed by atoms with E-state index in [0.29, 0.717) is 12.3 Å². The lowest BCUT2D eigenvalue weighted by Crippen LogP contribution is -2.34. The molecule has 1 aliphatic heterocycles. The van der Waals surface area contributed by atoms with E-state index in [4.69, 9.17) is 4.74 Å². The largest absolute Gasteiger partial charge is 0.376 e. The Morgan fingerprint density at radius 1 is 1.06 bits per heavy atom. The van der Waals surface area contributed by atoms with Gasteiger partial charge in [-0.05, 0) is 43.9 Å². The molecule has 0 N–H and O–H groups in total. The number of aromatic nitrogens is 2. The molecular weight excluding hydrogens is 488 g/mol. The van der Waals surface area contributed by atoms with E-state index >= 15 is 0 Å². The molecule has 36 heavy (non-hydrogen) atoms. The van der Waals surface area contributed by atoms with E-state index in [1.165, 1.54) is 42.6 Å². The molecule has 1 amide bonds. The standard InChI is InChI=1S/C26H27F2N3O4S/c27-23-9-3-1-6-18(23)17-36(33,34)26-29-14-20(31(26)16-21-7-5-13-35-21)15-30(19-11-12-19)25(32)22-8-2-4-10-24(22)28/h1-4,6,8-10,14,19,21H,5,7,11-13,15-17H2. The van der Waals surface area contributed by atoms with E-state index in [9.17, 15) is 22.0 Å². The minimum absolute atomic E-state index is 0.0259. The normalized spacial score (nSPS) is 17.9. The third kappa shape index (κ3) is 5.19. The van der Waals surface area contributed by atoms with Crippen molar-refractivity contribution < 1.29 is 26.7 Å². The number of halogens is 2. The maximum absolute atomic E-state index is 14.4. The molecule has 190 valence electrons. The lowest BCUT2D eigenvalue weighted by atomic mass is 10.1. The molecular formula is C26H27F2N3O4S. The summed E-state index contributed by atoms with van der Waals surface area (Å²) in [5.41, 5.74) is 0.538. The first kappa shape index (κ1) is 24.6. The van der Waals surface area contributed by atoms with Crippen molar-refractivity contribution >= 4 is 15.7 Å². The van der Waals surface area contributed by atoms with Crippen LogP contribution in [0.15, 0.2) is 59.9 Å². The van der Waals surface area contributed by atoms with Crippen LogP contribution in [0.2, 0.25) is 0 Å². The number of benzene rings is 2. The van der Waals surface area contributed by atoms with Gasteiger partial charge in [0.15, 0.2) is 0 Å². The summed E-state index contributed by atoms with van der Waals surface area (Å²) in [5, 5.41) is -0.189. The van der Waals surface area contributed by atoms with Gasteiger partial charge in [0.05, 0.1) is 42.4 Å². The Morgan fingerprint density at radius 3 is 2.44 bits per heavy atom. The van der Waals surface area contributed by atoms with E-state index in [0.717, 1.165) is 25.7 Å². The van der Waals surface area contributed by atoms with Gasteiger partial charge in [-0.1, -0.05) is 30.3 Å². The molecule has 2 heterocycles. The molecule has 2 aromatic carbocycles. The monoisotopic (exact) mass is 515 g/mol. The topological polar surface area (TPSA) is 81.5 Å². The molecule has 7 nitrogen and oxygen atoms in total. The summed E-state index contributed by atoms with van der Waals surface area (Å²) in [6, 6.07) is 11.5. The van der Waals surface area contributed by atoms with Crippen LogP contribution >= 0.6 is 0 Å². The lowest BCUT2D eigenvalue weighted by molar-refractivity contribution is 0.0713. The number of hydrogen-bond acceptors (Lipinski definition) is 5. The SMILES string of the molecule is O=C(c1ccccc1F)N(Cc1cnc(S(=O)(=O)Cc2ccccc2F)n1CC1CCCO1)C1CC1. The highest BCUT2D eigenvalue weighted by Gasteiger charge is 2.36. The molecule has 0 bridgehead atoms. The number of hydrogen-bond donors (Lipinski definition) is 0. The summed E-state index contributed by atoms with van der Waals surface area (Å²) >= 11 is 0.